The monoisotopic (exact) mass is 242 g/mol. The molecule has 1 heterocycles. The number of rotatable bonds is 4. The molecule has 0 aromatic carbocycles. The normalized spacial score (nSPS) is 28.5. The van der Waals surface area contributed by atoms with Gasteiger partial charge in [0.25, 0.3) is 0 Å². The highest BCUT2D eigenvalue weighted by Crippen LogP contribution is 2.19. The first-order chi connectivity index (χ1) is 8.15. The molecule has 1 saturated heterocycles. The van der Waals surface area contributed by atoms with Gasteiger partial charge in [0.1, 0.15) is 0 Å². The Kier molecular flexibility index (Phi) is 3.83. The second-order valence-electron chi connectivity index (χ2n) is 4.64. The van der Waals surface area contributed by atoms with Crippen molar-refractivity contribution in [3.05, 3.63) is 0 Å². The van der Waals surface area contributed by atoms with Crippen molar-refractivity contribution in [1.82, 2.24) is 10.6 Å². The summed E-state index contributed by atoms with van der Waals surface area (Å²) in [6.45, 7) is 0.377. The lowest BCUT2D eigenvalue weighted by Gasteiger charge is -2.26. The zero-order valence-electron chi connectivity index (χ0n) is 9.65. The molecule has 0 bridgehead atoms. The third kappa shape index (κ3) is 3.33. The van der Waals surface area contributed by atoms with Crippen molar-refractivity contribution < 1.29 is 19.4 Å². The van der Waals surface area contributed by atoms with Gasteiger partial charge in [-0.15, -0.1) is 0 Å². The highest BCUT2D eigenvalue weighted by atomic mass is 16.5. The van der Waals surface area contributed by atoms with Gasteiger partial charge in [0.15, 0.2) is 6.10 Å². The van der Waals surface area contributed by atoms with Crippen LogP contribution in [-0.4, -0.2) is 41.9 Å². The van der Waals surface area contributed by atoms with Gasteiger partial charge in [-0.05, 0) is 32.1 Å². The number of urea groups is 1. The van der Waals surface area contributed by atoms with Crippen LogP contribution in [0.15, 0.2) is 0 Å². The molecule has 2 unspecified atom stereocenters. The fourth-order valence-corrected chi connectivity index (χ4v) is 2.03. The highest BCUT2D eigenvalue weighted by Gasteiger charge is 2.30. The maximum Gasteiger partial charge on any atom is 0.332 e. The van der Waals surface area contributed by atoms with Gasteiger partial charge >= 0.3 is 12.0 Å². The fourth-order valence-electron chi connectivity index (χ4n) is 2.03. The first-order valence-electron chi connectivity index (χ1n) is 6.08. The summed E-state index contributed by atoms with van der Waals surface area (Å²) in [5.41, 5.74) is 0. The summed E-state index contributed by atoms with van der Waals surface area (Å²) in [5.74, 6) is -0.925. The molecule has 2 fully saturated rings. The van der Waals surface area contributed by atoms with E-state index < -0.39 is 12.1 Å². The largest absolute Gasteiger partial charge is 0.479 e. The Morgan fingerprint density at radius 1 is 1.24 bits per heavy atom. The van der Waals surface area contributed by atoms with E-state index in [1.54, 1.807) is 0 Å². The fraction of sp³-hybridized carbons (Fsp3) is 0.818. The van der Waals surface area contributed by atoms with E-state index in [0.29, 0.717) is 25.4 Å². The molecule has 0 aromatic heterocycles. The Hall–Kier alpha value is -1.30. The molecule has 6 nitrogen and oxygen atoms in total. The van der Waals surface area contributed by atoms with E-state index in [-0.39, 0.29) is 12.1 Å². The predicted octanol–water partition coefficient (Wildman–Crippen LogP) is 0.470. The number of aliphatic carboxylic acids is 1. The van der Waals surface area contributed by atoms with Gasteiger partial charge in [-0.3, -0.25) is 0 Å². The van der Waals surface area contributed by atoms with Crippen LogP contribution in [0.5, 0.6) is 0 Å². The first-order valence-corrected chi connectivity index (χ1v) is 6.08. The maximum atomic E-state index is 11.4. The van der Waals surface area contributed by atoms with Gasteiger partial charge in [0.05, 0.1) is 6.10 Å². The van der Waals surface area contributed by atoms with Gasteiger partial charge in [-0.2, -0.15) is 0 Å². The number of nitrogens with one attached hydrogen (secondary N) is 2. The van der Waals surface area contributed by atoms with Gasteiger partial charge in [0.2, 0.25) is 0 Å². The van der Waals surface area contributed by atoms with Crippen molar-refractivity contribution in [1.29, 1.82) is 0 Å². The topological polar surface area (TPSA) is 87.7 Å². The maximum absolute atomic E-state index is 11.4. The molecule has 6 heteroatoms. The molecular formula is C11H18N2O4. The average molecular weight is 242 g/mol. The molecule has 2 atom stereocenters. The molecule has 96 valence electrons. The highest BCUT2D eigenvalue weighted by molar-refractivity contribution is 5.74. The summed E-state index contributed by atoms with van der Waals surface area (Å²) in [6.07, 6.45) is 3.59. The lowest BCUT2D eigenvalue weighted by atomic mass is 9.93. The number of amides is 2. The van der Waals surface area contributed by atoms with E-state index in [0.717, 1.165) is 12.8 Å². The number of ether oxygens (including phenoxy) is 1. The number of carboxylic acids is 1. The molecule has 2 rings (SSSR count). The van der Waals surface area contributed by atoms with Crippen molar-refractivity contribution >= 4 is 12.0 Å². The van der Waals surface area contributed by atoms with E-state index in [9.17, 15) is 9.59 Å². The van der Waals surface area contributed by atoms with Gasteiger partial charge < -0.3 is 20.5 Å². The van der Waals surface area contributed by atoms with E-state index in [1.165, 1.54) is 6.42 Å². The van der Waals surface area contributed by atoms with Crippen LogP contribution in [-0.2, 0) is 9.53 Å². The SMILES string of the molecule is O=C(NCC1CCC(C(=O)O)O1)NC1CCC1. The summed E-state index contributed by atoms with van der Waals surface area (Å²) < 4.78 is 5.28. The van der Waals surface area contributed by atoms with Crippen molar-refractivity contribution in [2.75, 3.05) is 6.54 Å². The Morgan fingerprint density at radius 3 is 2.53 bits per heavy atom. The lowest BCUT2D eigenvalue weighted by molar-refractivity contribution is -0.149. The Bertz CT molecular complexity index is 304. The lowest BCUT2D eigenvalue weighted by Crippen LogP contribution is -2.47. The van der Waals surface area contributed by atoms with Crippen molar-refractivity contribution in [3.8, 4) is 0 Å². The van der Waals surface area contributed by atoms with Crippen LogP contribution in [0.25, 0.3) is 0 Å². The molecule has 0 aromatic rings. The zero-order valence-corrected chi connectivity index (χ0v) is 9.65. The summed E-state index contributed by atoms with van der Waals surface area (Å²) in [7, 11) is 0. The number of hydrogen-bond donors (Lipinski definition) is 3. The molecule has 0 radical (unpaired) electrons. The van der Waals surface area contributed by atoms with E-state index in [2.05, 4.69) is 10.6 Å². The van der Waals surface area contributed by atoms with E-state index in [4.69, 9.17) is 9.84 Å². The second-order valence-corrected chi connectivity index (χ2v) is 4.64. The second kappa shape index (κ2) is 5.35. The van der Waals surface area contributed by atoms with Gasteiger partial charge in [0, 0.05) is 12.6 Å². The number of carboxylic acid groups (broad SMARTS) is 1. The Balaban J connectivity index is 1.61. The molecule has 3 N–H and O–H groups in total. The average Bonchev–Trinajstić information content (AvgIpc) is 2.69. The van der Waals surface area contributed by atoms with Gasteiger partial charge in [-0.25, -0.2) is 9.59 Å². The molecule has 2 amide bonds. The minimum Gasteiger partial charge on any atom is -0.479 e. The van der Waals surface area contributed by atoms with Crippen molar-refractivity contribution in [2.24, 2.45) is 0 Å². The summed E-state index contributed by atoms with van der Waals surface area (Å²) >= 11 is 0. The predicted molar refractivity (Wildman–Crippen MR) is 59.7 cm³/mol. The van der Waals surface area contributed by atoms with Crippen LogP contribution in [0.2, 0.25) is 0 Å². The van der Waals surface area contributed by atoms with Crippen LogP contribution in [0.1, 0.15) is 32.1 Å². The molecule has 2 aliphatic rings. The summed E-state index contributed by atoms with van der Waals surface area (Å²) in [6, 6.07) is 0.128. The van der Waals surface area contributed by atoms with Crippen LogP contribution >= 0.6 is 0 Å². The van der Waals surface area contributed by atoms with Crippen LogP contribution in [0, 0.1) is 0 Å². The summed E-state index contributed by atoms with van der Waals surface area (Å²) in [5, 5.41) is 14.3. The van der Waals surface area contributed by atoms with Crippen LogP contribution < -0.4 is 10.6 Å². The van der Waals surface area contributed by atoms with Crippen LogP contribution in [0.4, 0.5) is 4.79 Å². The van der Waals surface area contributed by atoms with Crippen LogP contribution in [0.3, 0.4) is 0 Å². The molecule has 17 heavy (non-hydrogen) atoms. The number of carbonyl (C=O) groups is 2. The van der Waals surface area contributed by atoms with E-state index >= 15 is 0 Å². The minimum absolute atomic E-state index is 0.178. The quantitative estimate of drug-likeness (QED) is 0.668. The first kappa shape index (κ1) is 12.2. The smallest absolute Gasteiger partial charge is 0.332 e. The molecule has 1 aliphatic carbocycles. The molecule has 0 spiro atoms. The number of hydrogen-bond acceptors (Lipinski definition) is 3. The zero-order chi connectivity index (χ0) is 12.3. The Morgan fingerprint density at radius 2 is 2.00 bits per heavy atom. The van der Waals surface area contributed by atoms with Crippen molar-refractivity contribution in [3.63, 3.8) is 0 Å². The third-order valence-corrected chi connectivity index (χ3v) is 3.31. The molecular weight excluding hydrogens is 224 g/mol. The van der Waals surface area contributed by atoms with Crippen molar-refractivity contribution in [2.45, 2.75) is 50.4 Å². The molecule has 1 saturated carbocycles. The third-order valence-electron chi connectivity index (χ3n) is 3.31. The van der Waals surface area contributed by atoms with Gasteiger partial charge in [-0.1, -0.05) is 0 Å². The van der Waals surface area contributed by atoms with E-state index in [1.807, 2.05) is 0 Å². The minimum atomic E-state index is -0.925. The number of carbonyl (C=O) groups excluding carboxylic acids is 1. The standard InChI is InChI=1S/C11H18N2O4/c14-10(15)9-5-4-8(17-9)6-12-11(16)13-7-2-1-3-7/h7-9H,1-6H2,(H,14,15)(H2,12,13,16). The Labute approximate surface area is 99.7 Å². The summed E-state index contributed by atoms with van der Waals surface area (Å²) in [4.78, 5) is 22.1. The molecule has 1 aliphatic heterocycles.